The van der Waals surface area contributed by atoms with Gasteiger partial charge in [0.1, 0.15) is 0 Å². The Kier molecular flexibility index (Phi) is 3.58. The second kappa shape index (κ2) is 4.72. The van der Waals surface area contributed by atoms with Gasteiger partial charge in [-0.2, -0.15) is 0 Å². The lowest BCUT2D eigenvalue weighted by atomic mass is 9.61. The molecule has 1 aromatic carbocycles. The highest BCUT2D eigenvalue weighted by Crippen LogP contribution is 2.52. The zero-order chi connectivity index (χ0) is 13.4. The minimum Gasteiger partial charge on any atom is -0.0593 e. The summed E-state index contributed by atoms with van der Waals surface area (Å²) in [6, 6.07) is 9.47. The summed E-state index contributed by atoms with van der Waals surface area (Å²) in [4.78, 5) is 0. The molecule has 1 aromatic rings. The van der Waals surface area contributed by atoms with E-state index >= 15 is 0 Å². The average molecular weight is 244 g/mol. The SMILES string of the molecule is CC(C)c1ccc(C2(C(C)(C)C)CCCC2)cc1. The van der Waals surface area contributed by atoms with Crippen LogP contribution in [0.3, 0.4) is 0 Å². The van der Waals surface area contributed by atoms with E-state index in [0.717, 1.165) is 0 Å². The third-order valence-electron chi connectivity index (χ3n) is 5.02. The van der Waals surface area contributed by atoms with Crippen LogP contribution in [0.2, 0.25) is 0 Å². The lowest BCUT2D eigenvalue weighted by Crippen LogP contribution is -2.37. The number of hydrogen-bond donors (Lipinski definition) is 0. The van der Waals surface area contributed by atoms with Gasteiger partial charge in [0, 0.05) is 5.41 Å². The molecule has 18 heavy (non-hydrogen) atoms. The van der Waals surface area contributed by atoms with Crippen LogP contribution in [0.5, 0.6) is 0 Å². The van der Waals surface area contributed by atoms with Crippen molar-refractivity contribution in [3.05, 3.63) is 35.4 Å². The van der Waals surface area contributed by atoms with Crippen molar-refractivity contribution in [2.75, 3.05) is 0 Å². The van der Waals surface area contributed by atoms with Crippen LogP contribution in [-0.2, 0) is 5.41 Å². The van der Waals surface area contributed by atoms with Crippen LogP contribution in [-0.4, -0.2) is 0 Å². The van der Waals surface area contributed by atoms with E-state index in [1.807, 2.05) is 0 Å². The first kappa shape index (κ1) is 13.6. The summed E-state index contributed by atoms with van der Waals surface area (Å²) in [5.41, 5.74) is 3.79. The van der Waals surface area contributed by atoms with Crippen molar-refractivity contribution in [3.8, 4) is 0 Å². The van der Waals surface area contributed by atoms with E-state index in [1.54, 1.807) is 5.56 Å². The van der Waals surface area contributed by atoms with Crippen LogP contribution >= 0.6 is 0 Å². The Morgan fingerprint density at radius 2 is 1.44 bits per heavy atom. The minimum atomic E-state index is 0.364. The molecule has 0 spiro atoms. The minimum absolute atomic E-state index is 0.364. The molecule has 1 aliphatic carbocycles. The van der Waals surface area contributed by atoms with Gasteiger partial charge in [0.15, 0.2) is 0 Å². The second-order valence-corrected chi connectivity index (χ2v) is 7.32. The lowest BCUT2D eigenvalue weighted by Gasteiger charge is -2.43. The Balaban J connectivity index is 2.38. The molecule has 0 unspecified atom stereocenters. The molecule has 2 rings (SSSR count). The molecule has 0 atom stereocenters. The standard InChI is InChI=1S/C18H28/c1-14(2)15-8-10-16(11-9-15)18(17(3,4)5)12-6-7-13-18/h8-11,14H,6-7,12-13H2,1-5H3. The van der Waals surface area contributed by atoms with Gasteiger partial charge in [0.05, 0.1) is 0 Å². The highest BCUT2D eigenvalue weighted by Gasteiger charge is 2.44. The molecular formula is C18H28. The molecule has 0 radical (unpaired) electrons. The van der Waals surface area contributed by atoms with Crippen molar-refractivity contribution < 1.29 is 0 Å². The van der Waals surface area contributed by atoms with Crippen molar-refractivity contribution in [2.24, 2.45) is 5.41 Å². The fraction of sp³-hybridized carbons (Fsp3) is 0.667. The molecule has 0 heterocycles. The fourth-order valence-corrected chi connectivity index (χ4v) is 3.64. The van der Waals surface area contributed by atoms with Crippen LogP contribution in [0.4, 0.5) is 0 Å². The first-order valence-corrected chi connectivity index (χ1v) is 7.47. The summed E-state index contributed by atoms with van der Waals surface area (Å²) in [5.74, 6) is 0.633. The van der Waals surface area contributed by atoms with E-state index in [4.69, 9.17) is 0 Å². The molecule has 0 amide bonds. The first-order chi connectivity index (χ1) is 8.37. The highest BCUT2D eigenvalue weighted by atomic mass is 14.5. The molecule has 1 aliphatic rings. The summed E-state index contributed by atoms with van der Waals surface area (Å²) in [5, 5.41) is 0. The first-order valence-electron chi connectivity index (χ1n) is 7.47. The molecule has 100 valence electrons. The molecule has 0 heteroatoms. The van der Waals surface area contributed by atoms with Gasteiger partial charge in [-0.05, 0) is 35.3 Å². The molecule has 0 aromatic heterocycles. The molecule has 1 fully saturated rings. The largest absolute Gasteiger partial charge is 0.0593 e. The van der Waals surface area contributed by atoms with Crippen LogP contribution in [0.15, 0.2) is 24.3 Å². The molecule has 0 saturated heterocycles. The van der Waals surface area contributed by atoms with Gasteiger partial charge >= 0.3 is 0 Å². The van der Waals surface area contributed by atoms with Crippen LogP contribution in [0.1, 0.15) is 77.3 Å². The Morgan fingerprint density at radius 1 is 0.944 bits per heavy atom. The van der Waals surface area contributed by atoms with E-state index in [-0.39, 0.29) is 0 Å². The highest BCUT2D eigenvalue weighted by molar-refractivity contribution is 5.33. The van der Waals surface area contributed by atoms with Gasteiger partial charge in [-0.3, -0.25) is 0 Å². The predicted molar refractivity (Wildman–Crippen MR) is 80.1 cm³/mol. The fourth-order valence-electron chi connectivity index (χ4n) is 3.64. The molecule has 0 aliphatic heterocycles. The zero-order valence-corrected chi connectivity index (χ0v) is 12.7. The third kappa shape index (κ3) is 2.22. The molecule has 0 N–H and O–H groups in total. The van der Waals surface area contributed by atoms with Crippen LogP contribution in [0.25, 0.3) is 0 Å². The van der Waals surface area contributed by atoms with E-state index in [1.165, 1.54) is 31.2 Å². The molecule has 0 nitrogen and oxygen atoms in total. The predicted octanol–water partition coefficient (Wildman–Crippen LogP) is 5.67. The lowest BCUT2D eigenvalue weighted by molar-refractivity contribution is 0.187. The van der Waals surface area contributed by atoms with Crippen LogP contribution in [0, 0.1) is 5.41 Å². The quantitative estimate of drug-likeness (QED) is 0.629. The summed E-state index contributed by atoms with van der Waals surface area (Å²) in [7, 11) is 0. The average Bonchev–Trinajstić information content (AvgIpc) is 2.78. The van der Waals surface area contributed by atoms with Crippen molar-refractivity contribution in [2.45, 2.75) is 71.6 Å². The number of hydrogen-bond acceptors (Lipinski definition) is 0. The van der Waals surface area contributed by atoms with Gasteiger partial charge in [-0.15, -0.1) is 0 Å². The maximum atomic E-state index is 2.41. The van der Waals surface area contributed by atoms with Crippen molar-refractivity contribution in [3.63, 3.8) is 0 Å². The number of rotatable bonds is 2. The van der Waals surface area contributed by atoms with E-state index in [0.29, 0.717) is 16.7 Å². The smallest absolute Gasteiger partial charge is 0.000149 e. The monoisotopic (exact) mass is 244 g/mol. The topological polar surface area (TPSA) is 0 Å². The van der Waals surface area contributed by atoms with Crippen molar-refractivity contribution >= 4 is 0 Å². The van der Waals surface area contributed by atoms with Gasteiger partial charge < -0.3 is 0 Å². The summed E-state index contributed by atoms with van der Waals surface area (Å²) >= 11 is 0. The van der Waals surface area contributed by atoms with E-state index in [9.17, 15) is 0 Å². The molecule has 0 bridgehead atoms. The van der Waals surface area contributed by atoms with Gasteiger partial charge in [-0.1, -0.05) is 71.7 Å². The number of benzene rings is 1. The second-order valence-electron chi connectivity index (χ2n) is 7.32. The maximum absolute atomic E-state index is 2.41. The van der Waals surface area contributed by atoms with Crippen molar-refractivity contribution in [1.82, 2.24) is 0 Å². The third-order valence-corrected chi connectivity index (χ3v) is 5.02. The Bertz CT molecular complexity index is 383. The summed E-state index contributed by atoms with van der Waals surface area (Å²) in [6.07, 6.45) is 5.50. The van der Waals surface area contributed by atoms with Crippen molar-refractivity contribution in [1.29, 1.82) is 0 Å². The van der Waals surface area contributed by atoms with Gasteiger partial charge in [0.2, 0.25) is 0 Å². The molecular weight excluding hydrogens is 216 g/mol. The summed E-state index contributed by atoms with van der Waals surface area (Å²) in [6.45, 7) is 11.8. The zero-order valence-electron chi connectivity index (χ0n) is 12.7. The van der Waals surface area contributed by atoms with E-state index < -0.39 is 0 Å². The Hall–Kier alpha value is -0.780. The normalized spacial score (nSPS) is 19.4. The summed E-state index contributed by atoms with van der Waals surface area (Å²) < 4.78 is 0. The Labute approximate surface area is 113 Å². The maximum Gasteiger partial charge on any atom is 0.000149 e. The van der Waals surface area contributed by atoms with E-state index in [2.05, 4.69) is 58.9 Å². The van der Waals surface area contributed by atoms with Gasteiger partial charge in [0.25, 0.3) is 0 Å². The van der Waals surface area contributed by atoms with Gasteiger partial charge in [-0.25, -0.2) is 0 Å². The van der Waals surface area contributed by atoms with Crippen LogP contribution < -0.4 is 0 Å². The molecule has 1 saturated carbocycles. The Morgan fingerprint density at radius 3 is 1.83 bits per heavy atom.